The Hall–Kier alpha value is -2.27. The lowest BCUT2D eigenvalue weighted by Gasteiger charge is -2.36. The molecule has 0 saturated carbocycles. The normalized spacial score (nSPS) is 24.9. The van der Waals surface area contributed by atoms with E-state index in [1.807, 2.05) is 43.6 Å². The van der Waals surface area contributed by atoms with E-state index in [4.69, 9.17) is 0 Å². The molecule has 5 heteroatoms. The number of likely N-dealkylation sites (N-methyl/N-ethyl adjacent to an activating group) is 1. The second-order valence-corrected chi connectivity index (χ2v) is 9.01. The molecule has 2 aromatic carbocycles. The minimum Gasteiger partial charge on any atom is -0.352 e. The first-order valence-electron chi connectivity index (χ1n) is 8.52. The smallest absolute Gasteiger partial charge is 0.236 e. The average Bonchev–Trinajstić information content (AvgIpc) is 3.07. The first kappa shape index (κ1) is 16.2. The van der Waals surface area contributed by atoms with Crippen molar-refractivity contribution in [1.29, 1.82) is 0 Å². The molecule has 2 atom stereocenters. The number of anilines is 1. The van der Waals surface area contributed by atoms with Gasteiger partial charge in [0, 0.05) is 18.9 Å². The van der Waals surface area contributed by atoms with Crippen LogP contribution < -0.4 is 4.90 Å². The van der Waals surface area contributed by atoms with Crippen LogP contribution in [0.5, 0.6) is 0 Å². The third-order valence-electron chi connectivity index (χ3n) is 5.55. The van der Waals surface area contributed by atoms with Gasteiger partial charge in [0.1, 0.15) is 6.17 Å². The molecule has 4 rings (SSSR count). The first-order valence-corrected chi connectivity index (χ1v) is 10.1. The van der Waals surface area contributed by atoms with Gasteiger partial charge in [-0.2, -0.15) is 0 Å². The summed E-state index contributed by atoms with van der Waals surface area (Å²) in [7, 11) is -1.39. The topological polar surface area (TPSA) is 40.6 Å². The molecule has 0 fully saturated rings. The van der Waals surface area contributed by atoms with E-state index in [1.54, 1.807) is 11.2 Å². The van der Waals surface area contributed by atoms with E-state index in [-0.39, 0.29) is 11.9 Å². The molecule has 2 aliphatic heterocycles. The quantitative estimate of drug-likeness (QED) is 0.848. The number of benzene rings is 2. The third-order valence-corrected chi connectivity index (χ3v) is 7.23. The van der Waals surface area contributed by atoms with Gasteiger partial charge < -0.3 is 4.90 Å². The summed E-state index contributed by atoms with van der Waals surface area (Å²) in [6, 6.07) is 18.3. The Morgan fingerprint density at radius 3 is 2.36 bits per heavy atom. The van der Waals surface area contributed by atoms with Gasteiger partial charge >= 0.3 is 0 Å². The van der Waals surface area contributed by atoms with Crippen LogP contribution in [0.2, 0.25) is 0 Å². The monoisotopic (exact) mass is 354 g/mol. The number of hydrogen-bond donors (Lipinski definition) is 0. The minimum absolute atomic E-state index is 0.0856. The van der Waals surface area contributed by atoms with E-state index in [9.17, 15) is 8.42 Å². The van der Waals surface area contributed by atoms with Crippen LogP contribution in [0.25, 0.3) is 5.57 Å². The Labute approximate surface area is 149 Å². The van der Waals surface area contributed by atoms with Gasteiger partial charge in [0.15, 0.2) is 0 Å². The van der Waals surface area contributed by atoms with Crippen LogP contribution in [-0.2, 0) is 15.4 Å². The number of sulfonamides is 1. The molecule has 25 heavy (non-hydrogen) atoms. The van der Waals surface area contributed by atoms with Crippen molar-refractivity contribution < 1.29 is 8.42 Å². The largest absolute Gasteiger partial charge is 0.352 e. The third kappa shape index (κ3) is 2.08. The lowest BCUT2D eigenvalue weighted by molar-refractivity contribution is 0.354. The van der Waals surface area contributed by atoms with Gasteiger partial charge in [0.2, 0.25) is 10.0 Å². The fourth-order valence-electron chi connectivity index (χ4n) is 4.29. The van der Waals surface area contributed by atoms with Crippen LogP contribution in [0, 0.1) is 0 Å². The summed E-state index contributed by atoms with van der Waals surface area (Å²) in [5.74, 6) is 0.0856. The molecule has 130 valence electrons. The van der Waals surface area contributed by atoms with E-state index in [0.717, 1.165) is 16.8 Å². The molecule has 0 radical (unpaired) electrons. The van der Waals surface area contributed by atoms with Crippen molar-refractivity contribution in [1.82, 2.24) is 4.31 Å². The van der Waals surface area contributed by atoms with E-state index >= 15 is 0 Å². The SMILES string of the molecule is CCS(=O)(=O)N1C=C(c2ccccc2)[C@@]2(C)c3ccccc3N(C)[C@@H]12. The van der Waals surface area contributed by atoms with Crippen molar-refractivity contribution in [3.63, 3.8) is 0 Å². The van der Waals surface area contributed by atoms with Crippen molar-refractivity contribution in [3.8, 4) is 0 Å². The molecule has 0 spiro atoms. The molecule has 4 nitrogen and oxygen atoms in total. The summed E-state index contributed by atoms with van der Waals surface area (Å²) in [6.45, 7) is 3.85. The van der Waals surface area contributed by atoms with Crippen LogP contribution in [0.15, 0.2) is 60.8 Å². The predicted octanol–water partition coefficient (Wildman–Crippen LogP) is 3.43. The fourth-order valence-corrected chi connectivity index (χ4v) is 5.51. The fraction of sp³-hybridized carbons (Fsp3) is 0.300. The van der Waals surface area contributed by atoms with E-state index in [1.165, 1.54) is 5.56 Å². The maximum atomic E-state index is 12.8. The summed E-state index contributed by atoms with van der Waals surface area (Å²) in [5, 5.41) is 0. The van der Waals surface area contributed by atoms with Gasteiger partial charge in [0.05, 0.1) is 11.2 Å². The molecule has 2 aliphatic rings. The second-order valence-electron chi connectivity index (χ2n) is 6.84. The maximum absolute atomic E-state index is 12.8. The van der Waals surface area contributed by atoms with Crippen molar-refractivity contribution in [2.24, 2.45) is 0 Å². The molecule has 0 N–H and O–H groups in total. The summed E-state index contributed by atoms with van der Waals surface area (Å²) in [5.41, 5.74) is 3.97. The van der Waals surface area contributed by atoms with E-state index in [2.05, 4.69) is 36.1 Å². The predicted molar refractivity (Wildman–Crippen MR) is 102 cm³/mol. The zero-order valence-electron chi connectivity index (χ0n) is 14.7. The number of para-hydroxylation sites is 1. The molecule has 0 bridgehead atoms. The Kier molecular flexibility index (Phi) is 3.48. The highest BCUT2D eigenvalue weighted by Gasteiger charge is 2.57. The Morgan fingerprint density at radius 2 is 1.68 bits per heavy atom. The van der Waals surface area contributed by atoms with E-state index < -0.39 is 15.4 Å². The van der Waals surface area contributed by atoms with Crippen LogP contribution in [0.1, 0.15) is 25.0 Å². The molecule has 2 aromatic rings. The summed E-state index contributed by atoms with van der Waals surface area (Å²) >= 11 is 0. The Bertz CT molecular complexity index is 953. The molecular formula is C20H22N2O2S. The molecular weight excluding hydrogens is 332 g/mol. The second kappa shape index (κ2) is 5.36. The Balaban J connectivity index is 1.99. The number of nitrogens with zero attached hydrogens (tertiary/aromatic N) is 2. The van der Waals surface area contributed by atoms with Crippen LogP contribution in [-0.4, -0.2) is 31.7 Å². The van der Waals surface area contributed by atoms with Gasteiger partial charge in [-0.3, -0.25) is 4.31 Å². The zero-order valence-corrected chi connectivity index (χ0v) is 15.5. The van der Waals surface area contributed by atoms with Gasteiger partial charge in [-0.05, 0) is 36.6 Å². The van der Waals surface area contributed by atoms with E-state index in [0.29, 0.717) is 0 Å². The van der Waals surface area contributed by atoms with Crippen molar-refractivity contribution >= 4 is 21.3 Å². The van der Waals surface area contributed by atoms with Gasteiger partial charge in [-0.25, -0.2) is 8.42 Å². The summed E-state index contributed by atoms with van der Waals surface area (Å²) in [4.78, 5) is 2.09. The van der Waals surface area contributed by atoms with Crippen LogP contribution >= 0.6 is 0 Å². The highest BCUT2D eigenvalue weighted by Crippen LogP contribution is 2.56. The molecule has 0 amide bonds. The molecule has 0 saturated heterocycles. The van der Waals surface area contributed by atoms with Crippen LogP contribution in [0.4, 0.5) is 5.69 Å². The molecule has 0 aromatic heterocycles. The molecule has 0 unspecified atom stereocenters. The molecule has 0 aliphatic carbocycles. The van der Waals surface area contributed by atoms with Crippen molar-refractivity contribution in [2.45, 2.75) is 25.4 Å². The van der Waals surface area contributed by atoms with Gasteiger partial charge in [-0.1, -0.05) is 48.5 Å². The first-order chi connectivity index (χ1) is 11.9. The summed E-state index contributed by atoms with van der Waals surface area (Å²) < 4.78 is 27.2. The maximum Gasteiger partial charge on any atom is 0.236 e. The number of hydrogen-bond acceptors (Lipinski definition) is 3. The highest BCUT2D eigenvalue weighted by atomic mass is 32.2. The van der Waals surface area contributed by atoms with Crippen molar-refractivity contribution in [3.05, 3.63) is 71.9 Å². The lowest BCUT2D eigenvalue weighted by atomic mass is 9.75. The standard InChI is InChI=1S/C20H22N2O2S/c1-4-25(23,24)22-14-17(15-10-6-5-7-11-15)20(2)16-12-8-9-13-18(16)21(3)19(20)22/h5-14,19H,4H2,1-3H3/t19-,20+/m0/s1. The number of rotatable bonds is 3. The summed E-state index contributed by atoms with van der Waals surface area (Å²) in [6.07, 6.45) is 1.57. The lowest BCUT2D eigenvalue weighted by Crippen LogP contribution is -2.50. The number of fused-ring (bicyclic) bond motifs is 3. The minimum atomic E-state index is -3.37. The highest BCUT2D eigenvalue weighted by molar-refractivity contribution is 7.89. The average molecular weight is 354 g/mol. The van der Waals surface area contributed by atoms with Gasteiger partial charge in [-0.15, -0.1) is 0 Å². The van der Waals surface area contributed by atoms with Crippen LogP contribution in [0.3, 0.4) is 0 Å². The van der Waals surface area contributed by atoms with Gasteiger partial charge in [0.25, 0.3) is 0 Å². The van der Waals surface area contributed by atoms with Crippen molar-refractivity contribution in [2.75, 3.05) is 17.7 Å². The molecule has 2 heterocycles. The zero-order chi connectivity index (χ0) is 17.8. The Morgan fingerprint density at radius 1 is 1.04 bits per heavy atom.